The molecule has 0 spiro atoms. The molecule has 0 fully saturated rings. The summed E-state index contributed by atoms with van der Waals surface area (Å²) in [5.41, 5.74) is 4.93. The highest BCUT2D eigenvalue weighted by molar-refractivity contribution is 5.91. The largest absolute Gasteiger partial charge is 0.348 e. The van der Waals surface area contributed by atoms with Crippen molar-refractivity contribution in [3.05, 3.63) is 35.0 Å². The first-order valence-electron chi connectivity index (χ1n) is 6.49. The first-order valence-corrected chi connectivity index (χ1v) is 6.49. The molecule has 0 saturated heterocycles. The molecule has 1 heterocycles. The summed E-state index contributed by atoms with van der Waals surface area (Å²) in [6.07, 6.45) is 0.532. The Labute approximate surface area is 109 Å². The number of hydrogen-bond donors (Lipinski definition) is 0. The quantitative estimate of drug-likeness (QED) is 0.805. The maximum atomic E-state index is 11.4. The number of carbonyl (C=O) groups is 1. The standard InChI is InChI=1S/C16H21NO/c1-10(2)13-6-7-16-15(9-13)14(8-11(3)18)12(4)17(16)5/h6-7,9-10H,8H2,1-5H3. The maximum Gasteiger partial charge on any atom is 0.134 e. The lowest BCUT2D eigenvalue weighted by Crippen LogP contribution is -1.99. The Hall–Kier alpha value is -1.57. The molecule has 2 aromatic rings. The maximum absolute atomic E-state index is 11.4. The number of carbonyl (C=O) groups excluding carboxylic acids is 1. The molecule has 18 heavy (non-hydrogen) atoms. The van der Waals surface area contributed by atoms with E-state index in [-0.39, 0.29) is 5.78 Å². The first kappa shape index (κ1) is 12.9. The van der Waals surface area contributed by atoms with Crippen molar-refractivity contribution in [1.82, 2.24) is 4.57 Å². The fourth-order valence-corrected chi connectivity index (χ4v) is 2.50. The molecule has 0 bridgehead atoms. The Morgan fingerprint density at radius 1 is 1.33 bits per heavy atom. The van der Waals surface area contributed by atoms with Crippen LogP contribution in [0, 0.1) is 6.92 Å². The summed E-state index contributed by atoms with van der Waals surface area (Å²) in [4.78, 5) is 11.4. The minimum absolute atomic E-state index is 0.223. The molecule has 0 aliphatic heterocycles. The Morgan fingerprint density at radius 2 is 2.00 bits per heavy atom. The van der Waals surface area contributed by atoms with Crippen molar-refractivity contribution in [3.8, 4) is 0 Å². The number of rotatable bonds is 3. The van der Waals surface area contributed by atoms with Gasteiger partial charge in [-0.25, -0.2) is 0 Å². The number of Topliss-reactive ketones (excluding diaryl/α,β-unsaturated/α-hetero) is 1. The number of fused-ring (bicyclic) bond motifs is 1. The van der Waals surface area contributed by atoms with Crippen LogP contribution < -0.4 is 0 Å². The molecule has 0 saturated carbocycles. The molecule has 2 rings (SSSR count). The average molecular weight is 243 g/mol. The zero-order valence-corrected chi connectivity index (χ0v) is 11.9. The number of hydrogen-bond acceptors (Lipinski definition) is 1. The van der Waals surface area contributed by atoms with Crippen LogP contribution in [0.15, 0.2) is 18.2 Å². The van der Waals surface area contributed by atoms with Gasteiger partial charge in [-0.05, 0) is 43.0 Å². The van der Waals surface area contributed by atoms with Gasteiger partial charge in [-0.3, -0.25) is 4.79 Å². The van der Waals surface area contributed by atoms with Crippen LogP contribution in [0.2, 0.25) is 0 Å². The monoisotopic (exact) mass is 243 g/mol. The fraction of sp³-hybridized carbons (Fsp3) is 0.438. The van der Waals surface area contributed by atoms with E-state index < -0.39 is 0 Å². The van der Waals surface area contributed by atoms with E-state index in [1.807, 2.05) is 0 Å². The van der Waals surface area contributed by atoms with Crippen molar-refractivity contribution in [3.63, 3.8) is 0 Å². The SMILES string of the molecule is CC(=O)Cc1c(C)n(C)c2ccc(C(C)C)cc12. The number of aromatic nitrogens is 1. The molecule has 0 aliphatic rings. The predicted octanol–water partition coefficient (Wildman–Crippen LogP) is 3.74. The summed E-state index contributed by atoms with van der Waals surface area (Å²) in [6.45, 7) is 8.14. The highest BCUT2D eigenvalue weighted by Gasteiger charge is 2.14. The van der Waals surface area contributed by atoms with Gasteiger partial charge < -0.3 is 4.57 Å². The third kappa shape index (κ3) is 2.07. The van der Waals surface area contributed by atoms with Crippen molar-refractivity contribution in [1.29, 1.82) is 0 Å². The highest BCUT2D eigenvalue weighted by atomic mass is 16.1. The van der Waals surface area contributed by atoms with Gasteiger partial charge >= 0.3 is 0 Å². The molecule has 1 aromatic carbocycles. The van der Waals surface area contributed by atoms with Gasteiger partial charge in [0, 0.05) is 30.1 Å². The van der Waals surface area contributed by atoms with Crippen LogP contribution in [-0.4, -0.2) is 10.4 Å². The molecule has 0 aliphatic carbocycles. The summed E-state index contributed by atoms with van der Waals surface area (Å²) >= 11 is 0. The lowest BCUT2D eigenvalue weighted by atomic mass is 9.98. The molecule has 0 amide bonds. The van der Waals surface area contributed by atoms with E-state index in [0.717, 1.165) is 0 Å². The molecule has 0 radical (unpaired) electrons. The number of ketones is 1. The number of aryl methyl sites for hydroxylation is 1. The topological polar surface area (TPSA) is 22.0 Å². The van der Waals surface area contributed by atoms with Gasteiger partial charge in [-0.2, -0.15) is 0 Å². The molecule has 0 atom stereocenters. The number of benzene rings is 1. The molecule has 96 valence electrons. The minimum Gasteiger partial charge on any atom is -0.348 e. The van der Waals surface area contributed by atoms with Gasteiger partial charge in [0.05, 0.1) is 0 Å². The summed E-state index contributed by atoms with van der Waals surface area (Å²) in [5.74, 6) is 0.737. The molecule has 0 unspecified atom stereocenters. The van der Waals surface area contributed by atoms with Crippen molar-refractivity contribution in [2.45, 2.75) is 40.0 Å². The van der Waals surface area contributed by atoms with E-state index >= 15 is 0 Å². The van der Waals surface area contributed by atoms with E-state index in [2.05, 4.69) is 50.6 Å². The van der Waals surface area contributed by atoms with Crippen molar-refractivity contribution >= 4 is 16.7 Å². The van der Waals surface area contributed by atoms with Crippen molar-refractivity contribution in [2.75, 3.05) is 0 Å². The Balaban J connectivity index is 2.70. The third-order valence-electron chi connectivity index (χ3n) is 3.74. The Kier molecular flexibility index (Phi) is 3.29. The first-order chi connectivity index (χ1) is 8.41. The van der Waals surface area contributed by atoms with Gasteiger partial charge in [0.25, 0.3) is 0 Å². The fourth-order valence-electron chi connectivity index (χ4n) is 2.50. The van der Waals surface area contributed by atoms with E-state index in [4.69, 9.17) is 0 Å². The van der Waals surface area contributed by atoms with Gasteiger partial charge in [0.2, 0.25) is 0 Å². The summed E-state index contributed by atoms with van der Waals surface area (Å²) in [6, 6.07) is 6.59. The third-order valence-corrected chi connectivity index (χ3v) is 3.74. The molecule has 2 heteroatoms. The zero-order valence-electron chi connectivity index (χ0n) is 11.9. The van der Waals surface area contributed by atoms with Crippen molar-refractivity contribution in [2.24, 2.45) is 7.05 Å². The normalized spacial score (nSPS) is 11.4. The summed E-state index contributed by atoms with van der Waals surface area (Å²) < 4.78 is 2.18. The van der Waals surface area contributed by atoms with E-state index in [0.29, 0.717) is 12.3 Å². The smallest absolute Gasteiger partial charge is 0.134 e. The molecule has 2 nitrogen and oxygen atoms in total. The summed E-state index contributed by atoms with van der Waals surface area (Å²) in [7, 11) is 2.07. The lowest BCUT2D eigenvalue weighted by molar-refractivity contribution is -0.116. The highest BCUT2D eigenvalue weighted by Crippen LogP contribution is 2.28. The van der Waals surface area contributed by atoms with Gasteiger partial charge in [0.1, 0.15) is 5.78 Å². The van der Waals surface area contributed by atoms with Crippen LogP contribution in [0.25, 0.3) is 10.9 Å². The molecular formula is C16H21NO. The minimum atomic E-state index is 0.223. The molecular weight excluding hydrogens is 222 g/mol. The van der Waals surface area contributed by atoms with Crippen LogP contribution in [-0.2, 0) is 18.3 Å². The van der Waals surface area contributed by atoms with Crippen molar-refractivity contribution < 1.29 is 4.79 Å². The Morgan fingerprint density at radius 3 is 2.56 bits per heavy atom. The Bertz CT molecular complexity index is 605. The lowest BCUT2D eigenvalue weighted by Gasteiger charge is -2.06. The van der Waals surface area contributed by atoms with E-state index in [9.17, 15) is 4.79 Å². The second-order valence-corrected chi connectivity index (χ2v) is 5.43. The van der Waals surface area contributed by atoms with Gasteiger partial charge in [-0.15, -0.1) is 0 Å². The van der Waals surface area contributed by atoms with Gasteiger partial charge in [-0.1, -0.05) is 19.9 Å². The average Bonchev–Trinajstić information content (AvgIpc) is 2.53. The molecule has 0 N–H and O–H groups in total. The van der Waals surface area contributed by atoms with Crippen LogP contribution >= 0.6 is 0 Å². The number of nitrogens with zero attached hydrogens (tertiary/aromatic N) is 1. The predicted molar refractivity (Wildman–Crippen MR) is 76.1 cm³/mol. The zero-order chi connectivity index (χ0) is 13.4. The second-order valence-electron chi connectivity index (χ2n) is 5.43. The summed E-state index contributed by atoms with van der Waals surface area (Å²) in [5, 5.41) is 1.23. The molecule has 1 aromatic heterocycles. The van der Waals surface area contributed by atoms with Gasteiger partial charge in [0.15, 0.2) is 0 Å². The van der Waals surface area contributed by atoms with E-state index in [1.165, 1.54) is 27.7 Å². The second kappa shape index (κ2) is 4.60. The van der Waals surface area contributed by atoms with Crippen LogP contribution in [0.1, 0.15) is 43.5 Å². The van der Waals surface area contributed by atoms with E-state index in [1.54, 1.807) is 6.92 Å². The van der Waals surface area contributed by atoms with Crippen LogP contribution in [0.5, 0.6) is 0 Å². The van der Waals surface area contributed by atoms with Crippen LogP contribution in [0.3, 0.4) is 0 Å². The van der Waals surface area contributed by atoms with Crippen LogP contribution in [0.4, 0.5) is 0 Å².